The molecular weight excluding hydrogens is 370 g/mol. The summed E-state index contributed by atoms with van der Waals surface area (Å²) in [5.74, 6) is 0.0864. The maximum atomic E-state index is 12.5. The summed E-state index contributed by atoms with van der Waals surface area (Å²) in [7, 11) is 0. The van der Waals surface area contributed by atoms with Crippen molar-refractivity contribution >= 4 is 34.8 Å². The zero-order chi connectivity index (χ0) is 18.4. The molecule has 2 heterocycles. The van der Waals surface area contributed by atoms with Crippen molar-refractivity contribution in [1.29, 1.82) is 0 Å². The average molecular weight is 392 g/mol. The molecule has 26 heavy (non-hydrogen) atoms. The Bertz CT molecular complexity index is 743. The molecule has 0 aliphatic carbocycles. The molecule has 5 nitrogen and oxygen atoms in total. The summed E-state index contributed by atoms with van der Waals surface area (Å²) in [4.78, 5) is 28.5. The molecule has 1 aromatic heterocycles. The van der Waals surface area contributed by atoms with E-state index in [2.05, 4.69) is 10.2 Å². The lowest BCUT2D eigenvalue weighted by Crippen LogP contribution is -2.50. The Balaban J connectivity index is 1.38. The highest BCUT2D eigenvalue weighted by atomic mass is 35.5. The zero-order valence-corrected chi connectivity index (χ0v) is 16.1. The molecule has 1 aliphatic rings. The van der Waals surface area contributed by atoms with E-state index in [1.54, 1.807) is 0 Å². The van der Waals surface area contributed by atoms with Crippen molar-refractivity contribution in [3.8, 4) is 0 Å². The van der Waals surface area contributed by atoms with Gasteiger partial charge < -0.3 is 10.2 Å². The first-order chi connectivity index (χ1) is 12.6. The van der Waals surface area contributed by atoms with E-state index in [4.69, 9.17) is 11.6 Å². The Morgan fingerprint density at radius 1 is 1.12 bits per heavy atom. The smallest absolute Gasteiger partial charge is 0.252 e. The van der Waals surface area contributed by atoms with Crippen LogP contribution in [0, 0.1) is 0 Å². The molecule has 0 unspecified atom stereocenters. The molecular formula is C19H22ClN3O2S. The Morgan fingerprint density at radius 2 is 1.88 bits per heavy atom. The molecule has 1 aromatic carbocycles. The highest BCUT2D eigenvalue weighted by Gasteiger charge is 2.21. The van der Waals surface area contributed by atoms with Crippen molar-refractivity contribution in [2.45, 2.75) is 6.42 Å². The van der Waals surface area contributed by atoms with E-state index in [9.17, 15) is 9.59 Å². The van der Waals surface area contributed by atoms with Gasteiger partial charge in [-0.25, -0.2) is 0 Å². The Labute approximate surface area is 162 Å². The van der Waals surface area contributed by atoms with E-state index in [1.807, 2.05) is 46.0 Å². The summed E-state index contributed by atoms with van der Waals surface area (Å²) in [6.45, 7) is 4.47. The van der Waals surface area contributed by atoms with Gasteiger partial charge in [-0.3, -0.25) is 14.5 Å². The van der Waals surface area contributed by atoms with E-state index >= 15 is 0 Å². The number of carbonyl (C=O) groups is 2. The highest BCUT2D eigenvalue weighted by Crippen LogP contribution is 2.16. The molecule has 0 saturated carbocycles. The summed E-state index contributed by atoms with van der Waals surface area (Å²) in [5, 5.41) is 7.32. The fraction of sp³-hybridized carbons (Fsp3) is 0.368. The van der Waals surface area contributed by atoms with Gasteiger partial charge in [-0.1, -0.05) is 29.8 Å². The van der Waals surface area contributed by atoms with Crippen LogP contribution in [0.3, 0.4) is 0 Å². The van der Waals surface area contributed by atoms with Crippen LogP contribution in [-0.2, 0) is 11.2 Å². The van der Waals surface area contributed by atoms with E-state index in [1.165, 1.54) is 11.3 Å². The number of carbonyl (C=O) groups excluding carboxylic acids is 2. The third kappa shape index (κ3) is 5.06. The van der Waals surface area contributed by atoms with Crippen LogP contribution in [0.1, 0.15) is 15.9 Å². The summed E-state index contributed by atoms with van der Waals surface area (Å²) < 4.78 is 0. The normalized spacial score (nSPS) is 15.0. The number of piperazine rings is 1. The van der Waals surface area contributed by atoms with Crippen LogP contribution < -0.4 is 5.32 Å². The van der Waals surface area contributed by atoms with Crippen molar-refractivity contribution in [3.63, 3.8) is 0 Å². The van der Waals surface area contributed by atoms with Gasteiger partial charge in [0.25, 0.3) is 5.91 Å². The topological polar surface area (TPSA) is 52.7 Å². The number of hydrogen-bond donors (Lipinski definition) is 1. The van der Waals surface area contributed by atoms with Crippen molar-refractivity contribution in [2.24, 2.45) is 0 Å². The zero-order valence-electron chi connectivity index (χ0n) is 14.5. The monoisotopic (exact) mass is 391 g/mol. The Kier molecular flexibility index (Phi) is 6.66. The number of amides is 2. The van der Waals surface area contributed by atoms with Crippen molar-refractivity contribution in [1.82, 2.24) is 15.1 Å². The number of nitrogens with zero attached hydrogens (tertiary/aromatic N) is 2. The molecule has 2 aromatic rings. The van der Waals surface area contributed by atoms with E-state index in [0.29, 0.717) is 36.6 Å². The standard InChI is InChI=1S/C19H22ClN3O2S/c20-17-4-2-1-3-15(17)13-18(24)23-10-8-22(9-11-23)7-6-21-19(25)16-5-12-26-14-16/h1-5,12,14H,6-11,13H2,(H,21,25). The number of nitrogens with one attached hydrogen (secondary N) is 1. The summed E-state index contributed by atoms with van der Waals surface area (Å²) in [5.41, 5.74) is 1.59. The minimum absolute atomic E-state index is 0.0280. The molecule has 0 atom stereocenters. The number of hydrogen-bond acceptors (Lipinski definition) is 4. The van der Waals surface area contributed by atoms with Crippen LogP contribution in [-0.4, -0.2) is 60.9 Å². The molecule has 3 rings (SSSR count). The van der Waals surface area contributed by atoms with Crippen LogP contribution in [0.4, 0.5) is 0 Å². The van der Waals surface area contributed by atoms with Gasteiger partial charge in [0.2, 0.25) is 5.91 Å². The van der Waals surface area contributed by atoms with Gasteiger partial charge in [-0.05, 0) is 23.1 Å². The third-order valence-corrected chi connectivity index (χ3v) is 5.57. The van der Waals surface area contributed by atoms with Crippen LogP contribution in [0.5, 0.6) is 0 Å². The molecule has 0 bridgehead atoms. The van der Waals surface area contributed by atoms with Gasteiger partial charge >= 0.3 is 0 Å². The first-order valence-corrected chi connectivity index (χ1v) is 9.99. The van der Waals surface area contributed by atoms with E-state index < -0.39 is 0 Å². The maximum Gasteiger partial charge on any atom is 0.252 e. The van der Waals surface area contributed by atoms with Crippen molar-refractivity contribution in [3.05, 3.63) is 57.2 Å². The second-order valence-corrected chi connectivity index (χ2v) is 7.45. The average Bonchev–Trinajstić information content (AvgIpc) is 3.19. The predicted molar refractivity (Wildman–Crippen MR) is 105 cm³/mol. The van der Waals surface area contributed by atoms with Crippen LogP contribution in [0.2, 0.25) is 5.02 Å². The highest BCUT2D eigenvalue weighted by molar-refractivity contribution is 7.08. The lowest BCUT2D eigenvalue weighted by Gasteiger charge is -2.34. The SMILES string of the molecule is O=C(NCCN1CCN(C(=O)Cc2ccccc2Cl)CC1)c1ccsc1. The van der Waals surface area contributed by atoms with Crippen LogP contribution >= 0.6 is 22.9 Å². The van der Waals surface area contributed by atoms with Crippen molar-refractivity contribution < 1.29 is 9.59 Å². The van der Waals surface area contributed by atoms with Crippen molar-refractivity contribution in [2.75, 3.05) is 39.3 Å². The molecule has 1 fully saturated rings. The fourth-order valence-corrected chi connectivity index (χ4v) is 3.80. The lowest BCUT2D eigenvalue weighted by atomic mass is 10.1. The molecule has 138 valence electrons. The second-order valence-electron chi connectivity index (χ2n) is 6.26. The third-order valence-electron chi connectivity index (χ3n) is 4.52. The van der Waals surface area contributed by atoms with Gasteiger partial charge in [0.1, 0.15) is 0 Å². The molecule has 0 radical (unpaired) electrons. The lowest BCUT2D eigenvalue weighted by molar-refractivity contribution is -0.132. The Morgan fingerprint density at radius 3 is 2.58 bits per heavy atom. The van der Waals surface area contributed by atoms with Crippen LogP contribution in [0.15, 0.2) is 41.1 Å². The molecule has 1 N–H and O–H groups in total. The molecule has 1 saturated heterocycles. The van der Waals surface area contributed by atoms with E-state index in [-0.39, 0.29) is 11.8 Å². The largest absolute Gasteiger partial charge is 0.351 e. The van der Waals surface area contributed by atoms with Gasteiger partial charge in [-0.2, -0.15) is 11.3 Å². The fourth-order valence-electron chi connectivity index (χ4n) is 2.96. The number of halogens is 1. The Hall–Kier alpha value is -1.89. The summed E-state index contributed by atoms with van der Waals surface area (Å²) in [6.07, 6.45) is 0.344. The number of thiophene rings is 1. The maximum absolute atomic E-state index is 12.5. The quantitative estimate of drug-likeness (QED) is 0.823. The minimum Gasteiger partial charge on any atom is -0.351 e. The molecule has 7 heteroatoms. The molecule has 0 spiro atoms. The first-order valence-electron chi connectivity index (χ1n) is 8.67. The molecule has 2 amide bonds. The van der Waals surface area contributed by atoms with Crippen LogP contribution in [0.25, 0.3) is 0 Å². The van der Waals surface area contributed by atoms with E-state index in [0.717, 1.165) is 25.2 Å². The van der Waals surface area contributed by atoms with Gasteiger partial charge in [0.05, 0.1) is 6.42 Å². The minimum atomic E-state index is -0.0280. The van der Waals surface area contributed by atoms with Gasteiger partial charge in [0.15, 0.2) is 0 Å². The number of rotatable bonds is 6. The number of benzene rings is 1. The molecule has 1 aliphatic heterocycles. The summed E-state index contributed by atoms with van der Waals surface area (Å²) >= 11 is 7.65. The van der Waals surface area contributed by atoms with Gasteiger partial charge in [-0.15, -0.1) is 0 Å². The first kappa shape index (κ1) is 18.9. The summed E-state index contributed by atoms with van der Waals surface area (Å²) in [6, 6.07) is 9.30. The predicted octanol–water partition coefficient (Wildman–Crippen LogP) is 2.52. The second kappa shape index (κ2) is 9.16. The van der Waals surface area contributed by atoms with Gasteiger partial charge in [0, 0.05) is 55.2 Å².